The van der Waals surface area contributed by atoms with Crippen molar-refractivity contribution in [3.8, 4) is 0 Å². The van der Waals surface area contributed by atoms with Gasteiger partial charge in [0.15, 0.2) is 9.84 Å². The predicted molar refractivity (Wildman–Crippen MR) is 109 cm³/mol. The lowest BCUT2D eigenvalue weighted by Crippen LogP contribution is -2.15. The minimum absolute atomic E-state index is 0.0000788. The molecule has 0 fully saturated rings. The summed E-state index contributed by atoms with van der Waals surface area (Å²) >= 11 is 2.89. The van der Waals surface area contributed by atoms with Gasteiger partial charge in [0.25, 0.3) is 0 Å². The molecule has 0 unspecified atom stereocenters. The zero-order valence-corrected chi connectivity index (χ0v) is 19.8. The van der Waals surface area contributed by atoms with Crippen molar-refractivity contribution in [2.24, 2.45) is 0 Å². The van der Waals surface area contributed by atoms with Gasteiger partial charge < -0.3 is 19.6 Å². The number of rotatable bonds is 8. The van der Waals surface area contributed by atoms with E-state index < -0.39 is 59.0 Å². The maximum Gasteiger partial charge on any atom is 0.399 e. The van der Waals surface area contributed by atoms with Crippen LogP contribution in [0.2, 0.25) is 0 Å². The summed E-state index contributed by atoms with van der Waals surface area (Å²) in [6.07, 6.45) is 0. The first kappa shape index (κ1) is 27.1. The number of hydrogen-bond donors (Lipinski definition) is 4. The summed E-state index contributed by atoms with van der Waals surface area (Å²) in [4.78, 5) is 35.0. The minimum atomic E-state index is -5.81. The first-order valence-corrected chi connectivity index (χ1v) is 14.1. The van der Waals surface area contributed by atoms with E-state index in [-0.39, 0.29) is 15.6 Å². The molecule has 0 aliphatic heterocycles. The van der Waals surface area contributed by atoms with E-state index in [0.717, 1.165) is 18.2 Å². The van der Waals surface area contributed by atoms with Crippen LogP contribution in [0.1, 0.15) is 22.3 Å². The van der Waals surface area contributed by atoms with Crippen LogP contribution in [0.5, 0.6) is 0 Å². The van der Waals surface area contributed by atoms with Gasteiger partial charge in [0.05, 0.1) is 11.5 Å². The van der Waals surface area contributed by atoms with Gasteiger partial charge in [0.1, 0.15) is 0 Å². The van der Waals surface area contributed by atoms with Crippen LogP contribution in [-0.2, 0) is 41.8 Å². The Balaban J connectivity index is 2.23. The monoisotopic (exact) mass is 584 g/mol. The minimum Gasteiger partial charge on any atom is -0.320 e. The number of benzene rings is 2. The molecule has 2 aromatic rings. The van der Waals surface area contributed by atoms with Gasteiger partial charge in [-0.05, 0) is 17.2 Å². The van der Waals surface area contributed by atoms with Crippen LogP contribution in [0, 0.1) is 0 Å². The first-order valence-electron chi connectivity index (χ1n) is 8.23. The molecule has 2 rings (SSSR count). The van der Waals surface area contributed by atoms with Crippen LogP contribution >= 0.6 is 31.1 Å². The van der Waals surface area contributed by atoms with Crippen molar-refractivity contribution < 1.29 is 54.7 Å². The molecule has 0 heterocycles. The third-order valence-corrected chi connectivity index (χ3v) is 8.44. The maximum atomic E-state index is 13.8. The molecular formula is C16H15BrF4O8P2S. The molecule has 0 amide bonds. The largest absolute Gasteiger partial charge is 0.399 e. The van der Waals surface area contributed by atoms with Crippen LogP contribution in [0.4, 0.5) is 17.6 Å². The molecule has 2 aromatic carbocycles. The van der Waals surface area contributed by atoms with Crippen LogP contribution < -0.4 is 0 Å². The van der Waals surface area contributed by atoms with Crippen molar-refractivity contribution in [2.75, 3.05) is 0 Å². The highest BCUT2D eigenvalue weighted by Crippen LogP contribution is 2.60. The molecule has 0 radical (unpaired) electrons. The Morgan fingerprint density at radius 2 is 1.22 bits per heavy atom. The lowest BCUT2D eigenvalue weighted by molar-refractivity contribution is 0.0563. The molecule has 0 aliphatic rings. The Kier molecular flexibility index (Phi) is 7.56. The van der Waals surface area contributed by atoms with Gasteiger partial charge in [-0.2, -0.15) is 17.6 Å². The summed E-state index contributed by atoms with van der Waals surface area (Å²) in [5.41, 5.74) is -10.9. The second-order valence-electron chi connectivity index (χ2n) is 6.71. The molecule has 4 N–H and O–H groups in total. The number of halogens is 5. The fraction of sp³-hybridized carbons (Fsp3) is 0.250. The van der Waals surface area contributed by atoms with Crippen molar-refractivity contribution in [2.45, 2.75) is 22.8 Å². The average molecular weight is 585 g/mol. The molecule has 16 heteroatoms. The highest BCUT2D eigenvalue weighted by atomic mass is 79.9. The molecule has 0 aromatic heterocycles. The van der Waals surface area contributed by atoms with Crippen molar-refractivity contribution in [3.63, 3.8) is 0 Å². The highest BCUT2D eigenvalue weighted by molar-refractivity contribution is 9.10. The van der Waals surface area contributed by atoms with Gasteiger partial charge in [0.2, 0.25) is 0 Å². The topological polar surface area (TPSA) is 149 Å². The Labute approximate surface area is 187 Å². The summed E-state index contributed by atoms with van der Waals surface area (Å²) in [7, 11) is -15.6. The maximum absolute atomic E-state index is 13.8. The van der Waals surface area contributed by atoms with Gasteiger partial charge >= 0.3 is 26.5 Å². The standard InChI is InChI=1S/C16H15BrF4O8P2S/c17-14-7-13(16(20,21)31(25,26)27)6-3-11(14)9-32(28,29)8-10-1-4-12(5-2-10)15(18,19)30(22,23)24/h1-7H,8-9H2,(H2,22,23,24)(H2,25,26,27). The van der Waals surface area contributed by atoms with Crippen molar-refractivity contribution >= 4 is 41.0 Å². The molecule has 8 nitrogen and oxygen atoms in total. The smallest absolute Gasteiger partial charge is 0.320 e. The molecule has 0 saturated carbocycles. The quantitative estimate of drug-likeness (QED) is 0.268. The summed E-state index contributed by atoms with van der Waals surface area (Å²) in [6.45, 7) is 0. The second kappa shape index (κ2) is 8.92. The van der Waals surface area contributed by atoms with Gasteiger partial charge in [-0.3, -0.25) is 9.13 Å². The first-order chi connectivity index (χ1) is 14.3. The van der Waals surface area contributed by atoms with Gasteiger partial charge in [-0.25, -0.2) is 8.42 Å². The fourth-order valence-electron chi connectivity index (χ4n) is 2.53. The lowest BCUT2D eigenvalue weighted by atomic mass is 10.1. The van der Waals surface area contributed by atoms with E-state index in [1.165, 1.54) is 0 Å². The Bertz CT molecular complexity index is 1210. The fourth-order valence-corrected chi connectivity index (χ4v) is 5.72. The van der Waals surface area contributed by atoms with Crippen molar-refractivity contribution in [3.05, 3.63) is 69.2 Å². The van der Waals surface area contributed by atoms with Crippen LogP contribution in [0.25, 0.3) is 0 Å². The molecule has 0 saturated heterocycles. The highest BCUT2D eigenvalue weighted by Gasteiger charge is 2.51. The van der Waals surface area contributed by atoms with Crippen LogP contribution in [0.3, 0.4) is 0 Å². The van der Waals surface area contributed by atoms with E-state index in [1.807, 2.05) is 0 Å². The molecule has 178 valence electrons. The third kappa shape index (κ3) is 5.87. The average Bonchev–Trinajstić information content (AvgIpc) is 2.61. The second-order valence-corrected chi connectivity index (χ2v) is 12.9. The van der Waals surface area contributed by atoms with E-state index in [9.17, 15) is 35.1 Å². The van der Waals surface area contributed by atoms with E-state index in [1.54, 1.807) is 0 Å². The summed E-state index contributed by atoms with van der Waals surface area (Å²) < 4.78 is 101. The summed E-state index contributed by atoms with van der Waals surface area (Å²) in [6, 6.07) is 5.57. The Hall–Kier alpha value is -1.11. The Morgan fingerprint density at radius 1 is 0.781 bits per heavy atom. The van der Waals surface area contributed by atoms with E-state index >= 15 is 0 Å². The number of sulfone groups is 1. The zero-order chi connectivity index (χ0) is 24.8. The normalized spacial score (nSPS) is 13.9. The number of hydrogen-bond acceptors (Lipinski definition) is 4. The molecule has 0 aliphatic carbocycles. The summed E-state index contributed by atoms with van der Waals surface area (Å²) in [5.74, 6) is -1.35. The Morgan fingerprint density at radius 3 is 1.66 bits per heavy atom. The van der Waals surface area contributed by atoms with E-state index in [2.05, 4.69) is 15.9 Å². The van der Waals surface area contributed by atoms with Crippen LogP contribution in [-0.4, -0.2) is 28.0 Å². The predicted octanol–water partition coefficient (Wildman–Crippen LogP) is 4.02. The molecule has 0 spiro atoms. The number of alkyl halides is 4. The van der Waals surface area contributed by atoms with Gasteiger partial charge in [-0.15, -0.1) is 0 Å². The van der Waals surface area contributed by atoms with Crippen molar-refractivity contribution in [1.82, 2.24) is 0 Å². The molecule has 0 atom stereocenters. The van der Waals surface area contributed by atoms with Gasteiger partial charge in [-0.1, -0.05) is 52.3 Å². The van der Waals surface area contributed by atoms with Gasteiger partial charge in [0, 0.05) is 15.6 Å². The molecular weight excluding hydrogens is 570 g/mol. The third-order valence-electron chi connectivity index (χ3n) is 4.20. The van der Waals surface area contributed by atoms with Crippen molar-refractivity contribution in [1.29, 1.82) is 0 Å². The van der Waals surface area contributed by atoms with Crippen LogP contribution in [0.15, 0.2) is 46.9 Å². The van der Waals surface area contributed by atoms with E-state index in [4.69, 9.17) is 19.6 Å². The lowest BCUT2D eigenvalue weighted by Gasteiger charge is -2.19. The zero-order valence-electron chi connectivity index (χ0n) is 15.6. The molecule has 32 heavy (non-hydrogen) atoms. The summed E-state index contributed by atoms with van der Waals surface area (Å²) in [5, 5.41) is 0. The SMILES string of the molecule is O=P(O)(O)C(F)(F)c1ccc(CS(=O)(=O)Cc2ccc(C(F)(F)P(=O)(O)O)cc2Br)cc1. The molecule has 0 bridgehead atoms. The van der Waals surface area contributed by atoms with E-state index in [0.29, 0.717) is 24.3 Å².